The molecule has 2 unspecified atom stereocenters. The average Bonchev–Trinajstić information content (AvgIpc) is 3.26. The van der Waals surface area contributed by atoms with Gasteiger partial charge in [0, 0.05) is 116 Å². The second-order valence-electron chi connectivity index (χ2n) is 9.47. The molecule has 0 aliphatic carbocycles. The summed E-state index contributed by atoms with van der Waals surface area (Å²) in [7, 11) is 2.12. The SMILES string of the molecule is [2H]C1(C)O[C@@](CC(C)CN(C)C(C)C)(c2ccc(F)c(C)c2C)c2cc(C)c([N+]#[C-])cc21.[2H][2H].[2H][2H].[2H][2H].[2H][2H].[2H][2H].[2H][2H].[HH].[HH].[HH].[HH].[HH].[HH].[HH].[HH].[HH].[HH].[HH].[HH].[HH].[HH].[HH].[HH].[HH].[HH].[HH].[HH].[HH].[HH].[HH].[HH].[HH].[HH].[HH].[HH].[HH].[HH].[HH].[HH].[HH].[HH].[HH].[HH].[HH].[HH].[HH].[HH].[HH].[HH].[HH].[HH].[HH].[HH].[HH].[HH].[HH].[HH].[HH].[HH].[HH].[HH].[HH].[HH].[HH].[HH].[HH].[HH]. The van der Waals surface area contributed by atoms with Crippen LogP contribution in [0, 0.1) is 39.1 Å². The van der Waals surface area contributed by atoms with E-state index < -0.39 is 11.7 Å². The molecule has 1 aliphatic rings. The summed E-state index contributed by atoms with van der Waals surface area (Å²) >= 11 is 0. The lowest BCUT2D eigenvalue weighted by molar-refractivity contribution is -0.0567. The summed E-state index contributed by atoms with van der Waals surface area (Å²) < 4.78 is 90.1. The van der Waals surface area contributed by atoms with E-state index >= 15 is 0 Å². The molecule has 0 N–H and O–H groups in total. The molecule has 0 amide bonds. The van der Waals surface area contributed by atoms with Crippen LogP contribution in [0.2, 0.25) is 0 Å². The Morgan fingerprint density at radius 3 is 2.58 bits per heavy atom. The Morgan fingerprint density at radius 2 is 1.97 bits per heavy atom. The first-order valence-electron chi connectivity index (χ1n) is 17.5. The van der Waals surface area contributed by atoms with Crippen LogP contribution in [0.3, 0.4) is 0 Å². The minimum Gasteiger partial charge on any atom is -0.358 e. The zero-order valence-corrected chi connectivity index (χ0v) is 20.1. The maximum absolute atomic E-state index is 14.4. The second kappa shape index (κ2) is 8.73. The van der Waals surface area contributed by atoms with Crippen molar-refractivity contribution >= 4 is 5.69 Å². The number of rotatable bonds is 6. The maximum Gasteiger partial charge on any atom is 0.190 e. The lowest BCUT2D eigenvalue weighted by Gasteiger charge is -2.37. The van der Waals surface area contributed by atoms with Crippen molar-refractivity contribution in [2.75, 3.05) is 13.6 Å². The highest BCUT2D eigenvalue weighted by atomic mass is 19.1. The molecule has 0 fully saturated rings. The lowest BCUT2D eigenvalue weighted by Crippen LogP contribution is -2.36. The predicted octanol–water partition coefficient (Wildman–Crippen LogP) is 23.2. The summed E-state index contributed by atoms with van der Waals surface area (Å²) in [5.41, 5.74) is 4.54. The molecule has 31 heavy (non-hydrogen) atoms. The van der Waals surface area contributed by atoms with Crippen molar-refractivity contribution in [1.29, 1.82) is 0 Å². The van der Waals surface area contributed by atoms with Crippen LogP contribution in [0.1, 0.15) is 178 Å². The second-order valence-corrected chi connectivity index (χ2v) is 9.47. The van der Waals surface area contributed by atoms with Crippen LogP contribution >= 0.6 is 0 Å². The fraction of sp³-hybridized carbons (Fsp3) is 0.519. The molecule has 2 aromatic carbocycles. The molecular formula is C27H167FN2O. The summed E-state index contributed by atoms with van der Waals surface area (Å²) in [6.45, 7) is 22.4. The number of fused-ring (bicyclic) bond motifs is 1. The van der Waals surface area contributed by atoms with Crippen molar-refractivity contribution in [2.24, 2.45) is 5.92 Å². The highest BCUT2D eigenvalue weighted by molar-refractivity contribution is 5.61. The van der Waals surface area contributed by atoms with Gasteiger partial charge in [-0.25, -0.2) is 9.24 Å². The van der Waals surface area contributed by atoms with Crippen LogP contribution in [-0.2, 0) is 10.3 Å². The van der Waals surface area contributed by atoms with Gasteiger partial charge in [0.25, 0.3) is 0 Å². The number of hydrogen-bond donors (Lipinski definition) is 0. The Kier molecular flexibility index (Phi) is 4.38. The molecule has 0 aromatic heterocycles. The molecule has 0 radical (unpaired) electrons. The van der Waals surface area contributed by atoms with E-state index in [-0.39, 0.29) is 97.3 Å². The highest BCUT2D eigenvalue weighted by Crippen LogP contribution is 2.53. The summed E-state index contributed by atoms with van der Waals surface area (Å²) in [6.07, 6.45) is -0.644. The minimum atomic E-state index is -1.30. The van der Waals surface area contributed by atoms with Gasteiger partial charge in [-0.15, -0.1) is 0 Å². The van der Waals surface area contributed by atoms with E-state index in [9.17, 15) is 4.39 Å². The predicted molar refractivity (Wildman–Crippen MR) is 265 cm³/mol. The van der Waals surface area contributed by atoms with Crippen molar-refractivity contribution in [3.63, 3.8) is 0 Å². The lowest BCUT2D eigenvalue weighted by atomic mass is 9.76. The van der Waals surface area contributed by atoms with Gasteiger partial charge in [0.2, 0.25) is 0 Å². The van der Waals surface area contributed by atoms with Gasteiger partial charge in [-0.1, -0.05) is 25.1 Å². The molecule has 0 saturated heterocycles. The van der Waals surface area contributed by atoms with Crippen molar-refractivity contribution < 1.29 is 114 Å². The number of hydrogen-bond acceptors (Lipinski definition) is 2. The Hall–Kier alpha value is -2.22. The molecule has 1 heterocycles. The molecular weight excluding hydrogens is 387 g/mol. The molecule has 298 valence electrons. The van der Waals surface area contributed by atoms with Crippen molar-refractivity contribution in [3.05, 3.63) is 74.9 Å². The molecule has 1 aliphatic heterocycles. The molecule has 3 rings (SSSR count). The van der Waals surface area contributed by atoms with E-state index in [1.807, 2.05) is 32.0 Å². The molecule has 0 saturated carbocycles. The third kappa shape index (κ3) is 4.14. The van der Waals surface area contributed by atoms with Crippen molar-refractivity contribution in [1.82, 2.24) is 4.90 Å². The summed E-state index contributed by atoms with van der Waals surface area (Å²) in [5, 5.41) is 0. The fourth-order valence-corrected chi connectivity index (χ4v) is 4.76. The Balaban J connectivity index is -0.00000000343. The summed E-state index contributed by atoms with van der Waals surface area (Å²) in [6, 6.07) is 7.57. The number of benzene rings is 2. The maximum atomic E-state index is 14.4. The van der Waals surface area contributed by atoms with Gasteiger partial charge in [0.05, 0.1) is 14.0 Å². The monoisotopic (exact) mass is 568 g/mol. The van der Waals surface area contributed by atoms with Gasteiger partial charge >= 0.3 is 0 Å². The molecule has 0 spiro atoms. The fourth-order valence-electron chi connectivity index (χ4n) is 4.76. The summed E-state index contributed by atoms with van der Waals surface area (Å²) in [4.78, 5) is 5.96. The normalized spacial score (nSPS) is 25.8. The van der Waals surface area contributed by atoms with Gasteiger partial charge in [0.1, 0.15) is 11.4 Å². The number of nitrogens with zero attached hydrogens (tertiary/aromatic N) is 2. The van der Waals surface area contributed by atoms with Gasteiger partial charge < -0.3 is 9.64 Å². The standard InChI is InChI=1S/C27H35FN2O.66H2/c1-16(2)30(9)15-17(3)14-27(23-10-11-25(28)20(6)19(23)5)24-12-18(4)26(29-8)13-22(24)21(7)31-27;;;;;;;;;;;;;;;;;;;;;;;;;;;;;;;;;;;;;;;;;;;;;;;;;;;;;;;;;;;;;;;;;;/h10-13,16-17,21H,14-15H2,1-7,9H3;66*1H/t17?,21?,27-;;;;;;;;;;;;;;;;;;;;;;;;;;;;;;;;;;;;;;;;;;;;;;;;;;;;;;;;;;;;;;;;;;/m0................................................................../s1/i21D;6*1+1D;;;;;;;;;;;;;;;;;;;;;;;;;;;;;;;;;;;;;;;;;;;;;;;;;;;;;;;;;;;;. The van der Waals surface area contributed by atoms with Crippen LogP contribution in [0.4, 0.5) is 10.1 Å². The van der Waals surface area contributed by atoms with Crippen LogP contribution in [0.5, 0.6) is 0 Å². The molecule has 2 aromatic rings. The first kappa shape index (κ1) is 15.6. The Morgan fingerprint density at radius 1 is 1.29 bits per heavy atom. The van der Waals surface area contributed by atoms with Gasteiger partial charge in [-0.05, 0) is 100 Å². The molecule has 0 bridgehead atoms. The van der Waals surface area contributed by atoms with Crippen LogP contribution in [0.15, 0.2) is 24.3 Å². The third-order valence-corrected chi connectivity index (χ3v) is 6.87. The first-order chi connectivity index (χ1) is 20.8. The first-order valence-corrected chi connectivity index (χ1v) is 11.0. The van der Waals surface area contributed by atoms with Gasteiger partial charge in [-0.3, -0.25) is 0 Å². The quantitative estimate of drug-likeness (QED) is 0.322. The zero-order chi connectivity index (χ0) is 36.0. The molecule has 4 heteroatoms. The number of ether oxygens (including phenoxy) is 1. The summed E-state index contributed by atoms with van der Waals surface area (Å²) in [5.74, 6) is 0.0233. The van der Waals surface area contributed by atoms with E-state index in [4.69, 9.17) is 30.5 Å². The Labute approximate surface area is 296 Å². The van der Waals surface area contributed by atoms with E-state index in [2.05, 4.69) is 37.6 Å². The zero-order valence-electron chi connectivity index (χ0n) is 33.1. The molecule has 3 atom stereocenters. The largest absolute Gasteiger partial charge is 0.358 e. The highest BCUT2D eigenvalue weighted by Gasteiger charge is 2.47. The van der Waals surface area contributed by atoms with Gasteiger partial charge in [-0.2, -0.15) is 0 Å². The molecule has 3 nitrogen and oxygen atoms in total. The van der Waals surface area contributed by atoms with Crippen LogP contribution in [0.25, 0.3) is 4.85 Å². The van der Waals surface area contributed by atoms with Crippen LogP contribution in [-0.4, -0.2) is 24.5 Å². The topological polar surface area (TPSA) is 16.8 Å². The van der Waals surface area contributed by atoms with Gasteiger partial charge in [0.15, 0.2) is 5.69 Å². The Bertz CT molecular complexity index is 1160. The van der Waals surface area contributed by atoms with Crippen LogP contribution < -0.4 is 0 Å². The van der Waals surface area contributed by atoms with Crippen molar-refractivity contribution in [2.45, 2.75) is 72.6 Å². The minimum absolute atomic E-state index is 0. The van der Waals surface area contributed by atoms with E-state index in [0.717, 1.165) is 34.4 Å². The van der Waals surface area contributed by atoms with E-state index in [1.165, 1.54) is 6.07 Å². The van der Waals surface area contributed by atoms with Crippen molar-refractivity contribution in [3.8, 4) is 0 Å². The number of aryl methyl sites for hydroxylation is 1. The van der Waals surface area contributed by atoms with E-state index in [1.54, 1.807) is 13.8 Å². The van der Waals surface area contributed by atoms with E-state index in [0.29, 0.717) is 23.7 Å². The average molecular weight is 569 g/mol. The number of halogens is 1. The third-order valence-electron chi connectivity index (χ3n) is 6.87. The smallest absolute Gasteiger partial charge is 0.190 e.